The molecule has 83 heavy (non-hydrogen) atoms. The molecule has 2 rings (SSSR count). The van der Waals surface area contributed by atoms with Crippen LogP contribution < -0.4 is 11.2 Å². The minimum absolute atomic E-state index is 0.114. The third-order valence-corrected chi connectivity index (χ3v) is 17.8. The van der Waals surface area contributed by atoms with Gasteiger partial charge in [0.05, 0.1) is 12.2 Å². The molecule has 0 unspecified atom stereocenters. The zero-order valence-electron chi connectivity index (χ0n) is 53.6. The summed E-state index contributed by atoms with van der Waals surface area (Å²) >= 11 is 0. The number of hydrogen-bond donors (Lipinski definition) is 3. The maximum Gasteiger partial charge on any atom is 0.340 e. The van der Waals surface area contributed by atoms with Crippen molar-refractivity contribution in [2.24, 2.45) is 0 Å². The van der Waals surface area contributed by atoms with Crippen LogP contribution in [0.4, 0.5) is 0 Å². The summed E-state index contributed by atoms with van der Waals surface area (Å²) in [5.74, 6) is -6.49. The van der Waals surface area contributed by atoms with E-state index in [1.807, 2.05) is 0 Å². The van der Waals surface area contributed by atoms with Crippen LogP contribution in [0.15, 0.2) is 15.8 Å². The number of ketones is 5. The van der Waals surface area contributed by atoms with Crippen molar-refractivity contribution in [2.45, 2.75) is 372 Å². The molecule has 14 heteroatoms. The second-order valence-electron chi connectivity index (χ2n) is 24.7. The smallest absolute Gasteiger partial charge is 0.340 e. The summed E-state index contributed by atoms with van der Waals surface area (Å²) in [6, 6.07) is 0. The predicted molar refractivity (Wildman–Crippen MR) is 334 cm³/mol. The highest BCUT2D eigenvalue weighted by Crippen LogP contribution is 2.58. The van der Waals surface area contributed by atoms with Crippen LogP contribution in [0.1, 0.15) is 365 Å². The first-order valence-corrected chi connectivity index (χ1v) is 34.4. The summed E-state index contributed by atoms with van der Waals surface area (Å²) in [6.45, 7) is 11.2. The van der Waals surface area contributed by atoms with E-state index in [1.165, 1.54) is 0 Å². The van der Waals surface area contributed by atoms with Gasteiger partial charge in [-0.25, -0.2) is 4.79 Å². The van der Waals surface area contributed by atoms with Crippen molar-refractivity contribution >= 4 is 34.8 Å². The van der Waals surface area contributed by atoms with Gasteiger partial charge < -0.3 is 20.1 Å². The molecule has 0 bridgehead atoms. The topological polar surface area (TPSA) is 216 Å². The van der Waals surface area contributed by atoms with E-state index in [0.717, 1.165) is 186 Å². The molecule has 0 aromatic carbocycles. The molecule has 1 saturated heterocycles. The Morgan fingerprint density at radius 1 is 0.386 bits per heavy atom. The van der Waals surface area contributed by atoms with E-state index in [4.69, 9.17) is 4.74 Å². The Balaban J connectivity index is 3.26. The highest BCUT2D eigenvalue weighted by Gasteiger charge is 2.88. The lowest BCUT2D eigenvalue weighted by Gasteiger charge is -2.45. The fourth-order valence-corrected chi connectivity index (χ4v) is 12.5. The number of carbonyl (C=O) groups excluding carboxylic acids is 6. The molecule has 0 spiro atoms. The summed E-state index contributed by atoms with van der Waals surface area (Å²) in [5, 5.41) is 40.3. The van der Waals surface area contributed by atoms with Crippen LogP contribution in [0.3, 0.4) is 0 Å². The Kier molecular flexibility index (Phi) is 39.4. The molecule has 4 atom stereocenters. The second kappa shape index (κ2) is 43.2. The highest BCUT2D eigenvalue weighted by atomic mass is 16.6. The average molecular weight is 1170 g/mol. The first-order chi connectivity index (χ1) is 40.1. The molecule has 2 heterocycles. The van der Waals surface area contributed by atoms with Crippen molar-refractivity contribution in [1.29, 1.82) is 0 Å². The van der Waals surface area contributed by atoms with Crippen LogP contribution in [-0.2, 0) is 29.6 Å². The Bertz CT molecular complexity index is 2150. The van der Waals surface area contributed by atoms with Gasteiger partial charge in [0.2, 0.25) is 22.8 Å². The number of rotatable bonds is 55. The van der Waals surface area contributed by atoms with Gasteiger partial charge in [0, 0.05) is 44.7 Å². The molecule has 1 aromatic heterocycles. The molecule has 0 aliphatic carbocycles. The van der Waals surface area contributed by atoms with E-state index in [0.29, 0.717) is 62.4 Å². The average Bonchev–Trinajstić information content (AvgIpc) is 1.52. The summed E-state index contributed by atoms with van der Waals surface area (Å²) in [5.41, 5.74) is -17.8. The molecule has 1 aromatic rings. The molecule has 14 nitrogen and oxygen atoms in total. The molecule has 0 amide bonds. The van der Waals surface area contributed by atoms with Crippen LogP contribution in [-0.4, -0.2) is 82.7 Å². The lowest BCUT2D eigenvalue weighted by Crippen LogP contribution is -2.77. The van der Waals surface area contributed by atoms with E-state index in [-0.39, 0.29) is 49.5 Å². The number of hydrogen-bond acceptors (Lipinski definition) is 12. The van der Waals surface area contributed by atoms with Gasteiger partial charge >= 0.3 is 5.69 Å². The van der Waals surface area contributed by atoms with Crippen molar-refractivity contribution < 1.29 is 48.8 Å². The summed E-state index contributed by atoms with van der Waals surface area (Å²) in [6.07, 6.45) is 31.0. The van der Waals surface area contributed by atoms with E-state index in [9.17, 15) is 29.7 Å². The van der Waals surface area contributed by atoms with Crippen molar-refractivity contribution in [3.8, 4) is 0 Å². The summed E-state index contributed by atoms with van der Waals surface area (Å²) in [7, 11) is 0. The molecule has 0 radical (unpaired) electrons. The number of aliphatic hydroxyl groups is 3. The fourth-order valence-electron chi connectivity index (χ4n) is 12.5. The number of aromatic nitrogens is 2. The lowest BCUT2D eigenvalue weighted by atomic mass is 9.61. The normalized spacial score (nSPS) is 19.6. The second-order valence-corrected chi connectivity index (χ2v) is 24.7. The van der Waals surface area contributed by atoms with E-state index in [2.05, 4.69) is 41.5 Å². The zero-order chi connectivity index (χ0) is 61.4. The van der Waals surface area contributed by atoms with Crippen molar-refractivity contribution in [2.75, 3.05) is 6.61 Å². The number of ether oxygens (including phenoxy) is 1. The molecule has 0 saturated carbocycles. The highest BCUT2D eigenvalue weighted by molar-refractivity contribution is 6.11. The molecule has 3 N–H and O–H groups in total. The third kappa shape index (κ3) is 22.0. The van der Waals surface area contributed by atoms with Crippen LogP contribution >= 0.6 is 0 Å². The summed E-state index contributed by atoms with van der Waals surface area (Å²) < 4.78 is 7.56. The molecule has 1 aliphatic heterocycles. The van der Waals surface area contributed by atoms with E-state index < -0.39 is 106 Å². The van der Waals surface area contributed by atoms with Gasteiger partial charge in [-0.15, -0.1) is 0 Å². The quantitative estimate of drug-likeness (QED) is 0.0410. The summed E-state index contributed by atoms with van der Waals surface area (Å²) in [4.78, 5) is 123. The van der Waals surface area contributed by atoms with Crippen LogP contribution in [0.25, 0.3) is 0 Å². The zero-order valence-corrected chi connectivity index (χ0v) is 53.6. The fraction of sp³-hybridized carbons (Fsp3) is 0.855. The van der Waals surface area contributed by atoms with Gasteiger partial charge in [-0.2, -0.15) is 4.57 Å². The van der Waals surface area contributed by atoms with Gasteiger partial charge in [-0.3, -0.25) is 38.1 Å². The largest absolute Gasteiger partial charge is 0.393 e. The number of nitrogens with zero attached hydrogens (tertiary/aromatic N) is 2. The monoisotopic (exact) mass is 1170 g/mol. The van der Waals surface area contributed by atoms with Crippen molar-refractivity contribution in [3.05, 3.63) is 32.6 Å². The number of carbonyl (C=O) groups is 6. The molecule has 1 fully saturated rings. The van der Waals surface area contributed by atoms with Crippen LogP contribution in [0.2, 0.25) is 0 Å². The maximum atomic E-state index is 16.2. The predicted octanol–water partition coefficient (Wildman–Crippen LogP) is 15.8. The van der Waals surface area contributed by atoms with Crippen molar-refractivity contribution in [3.63, 3.8) is 0 Å². The van der Waals surface area contributed by atoms with E-state index in [1.54, 1.807) is 0 Å². The van der Waals surface area contributed by atoms with Crippen LogP contribution in [0.5, 0.6) is 0 Å². The standard InChI is InChI=1S/C69H120N2O12/c1-7-13-19-25-31-37-43-49-58(73)57-55-70(65(80)71(64(57)79)63(78)54-48-42-36-30-24-18-12-6)69(62(77)53-47-41-35-29-23-17-11-5)68(82,61(76)52-46-40-34-28-22-16-10-4)67(81,60(75)51-45-39-33-27-21-15-9-3)66(56-72,83-69)59(74)50-44-38-32-26-20-14-8-2/h55,72,81-82H,7-54,56H2,1-6H3/t66-,67+,68+,69+/m0/s1. The molecular formula is C69H120N2O12. The van der Waals surface area contributed by atoms with Gasteiger partial charge in [0.25, 0.3) is 5.56 Å². The Hall–Kier alpha value is -3.46. The first-order valence-electron chi connectivity index (χ1n) is 34.4. The molecular weight excluding hydrogens is 1050 g/mol. The number of Topliss-reactive ketones (excluding diaryl/α,β-unsaturated/α-hetero) is 5. The Morgan fingerprint density at radius 2 is 0.675 bits per heavy atom. The Morgan fingerprint density at radius 3 is 1.02 bits per heavy atom. The first kappa shape index (κ1) is 75.6. The number of aliphatic hydroxyl groups excluding tert-OH is 1. The van der Waals surface area contributed by atoms with Gasteiger partial charge in [0.15, 0.2) is 34.5 Å². The Labute approximate surface area is 502 Å². The molecule has 478 valence electrons. The van der Waals surface area contributed by atoms with E-state index >= 15 is 24.0 Å². The van der Waals surface area contributed by atoms with Crippen LogP contribution in [0, 0.1) is 0 Å². The van der Waals surface area contributed by atoms with Gasteiger partial charge in [-0.1, -0.05) is 273 Å². The minimum Gasteiger partial charge on any atom is -0.393 e. The van der Waals surface area contributed by atoms with Gasteiger partial charge in [0.1, 0.15) is 0 Å². The maximum absolute atomic E-state index is 16.2. The third-order valence-electron chi connectivity index (χ3n) is 17.8. The minimum atomic E-state index is -3.83. The molecule has 1 aliphatic rings. The van der Waals surface area contributed by atoms with Crippen molar-refractivity contribution in [1.82, 2.24) is 9.13 Å². The SMILES string of the molecule is CCCCCCCCCC(=O)c1cn([C@]2(C(=O)CCCCCCCCC)O[C@@](CO)(C(=O)CCCCCCCCC)[C@](O)(C(=O)CCCCCCCCC)[C@]2(O)C(=O)CCCCCCCCC)c(=O)n(C(=O)CCCCCCCCC)c1=O. The van der Waals surface area contributed by atoms with Gasteiger partial charge in [-0.05, 0) is 38.5 Å². The lowest BCUT2D eigenvalue weighted by molar-refractivity contribution is -0.214. The number of unbranched alkanes of at least 4 members (excludes halogenated alkanes) is 36.